The number of benzene rings is 1. The molecule has 1 saturated carbocycles. The molecule has 114 valence electrons. The SMILES string of the molecule is COCC(=O)Nc1cccc(NC2CCN(C3CC3)C2)c1. The number of carbonyl (C=O) groups excluding carboxylic acids is 1. The summed E-state index contributed by atoms with van der Waals surface area (Å²) in [6, 6.07) is 9.23. The summed E-state index contributed by atoms with van der Waals surface area (Å²) in [5.41, 5.74) is 1.87. The fraction of sp³-hybridized carbons (Fsp3) is 0.562. The Labute approximate surface area is 125 Å². The Hall–Kier alpha value is -1.59. The number of carbonyl (C=O) groups is 1. The van der Waals surface area contributed by atoms with E-state index in [1.807, 2.05) is 24.3 Å². The lowest BCUT2D eigenvalue weighted by molar-refractivity contribution is -0.119. The van der Waals surface area contributed by atoms with Gasteiger partial charge in [-0.3, -0.25) is 9.69 Å². The summed E-state index contributed by atoms with van der Waals surface area (Å²) in [7, 11) is 1.52. The molecule has 0 bridgehead atoms. The van der Waals surface area contributed by atoms with Crippen LogP contribution in [0.25, 0.3) is 0 Å². The first-order valence-electron chi connectivity index (χ1n) is 7.64. The van der Waals surface area contributed by atoms with Gasteiger partial charge in [0.15, 0.2) is 0 Å². The van der Waals surface area contributed by atoms with Crippen molar-refractivity contribution >= 4 is 17.3 Å². The van der Waals surface area contributed by atoms with Gasteiger partial charge in [0, 0.05) is 43.7 Å². The van der Waals surface area contributed by atoms with Gasteiger partial charge in [-0.05, 0) is 37.5 Å². The molecule has 0 aromatic heterocycles. The summed E-state index contributed by atoms with van der Waals surface area (Å²) < 4.78 is 4.82. The molecule has 2 N–H and O–H groups in total. The lowest BCUT2D eigenvalue weighted by Crippen LogP contribution is -2.27. The van der Waals surface area contributed by atoms with Crippen LogP contribution in [0.2, 0.25) is 0 Å². The Balaban J connectivity index is 1.54. The Morgan fingerprint density at radius 1 is 1.33 bits per heavy atom. The second-order valence-electron chi connectivity index (χ2n) is 5.92. The summed E-state index contributed by atoms with van der Waals surface area (Å²) in [6.45, 7) is 2.41. The first kappa shape index (κ1) is 14.4. The van der Waals surface area contributed by atoms with Crippen LogP contribution >= 0.6 is 0 Å². The van der Waals surface area contributed by atoms with Crippen molar-refractivity contribution in [1.82, 2.24) is 4.90 Å². The third-order valence-corrected chi connectivity index (χ3v) is 4.08. The smallest absolute Gasteiger partial charge is 0.250 e. The van der Waals surface area contributed by atoms with Gasteiger partial charge in [-0.2, -0.15) is 0 Å². The van der Waals surface area contributed by atoms with Crippen molar-refractivity contribution in [1.29, 1.82) is 0 Å². The Morgan fingerprint density at radius 2 is 2.14 bits per heavy atom. The van der Waals surface area contributed by atoms with E-state index in [1.54, 1.807) is 0 Å². The van der Waals surface area contributed by atoms with Crippen molar-refractivity contribution < 1.29 is 9.53 Å². The molecule has 1 unspecified atom stereocenters. The quantitative estimate of drug-likeness (QED) is 0.840. The van der Waals surface area contributed by atoms with Crippen LogP contribution in [0, 0.1) is 0 Å². The number of rotatable bonds is 6. The van der Waals surface area contributed by atoms with Crippen LogP contribution in [0.5, 0.6) is 0 Å². The first-order valence-corrected chi connectivity index (χ1v) is 7.64. The van der Waals surface area contributed by atoms with Crippen LogP contribution in [0.1, 0.15) is 19.3 Å². The second-order valence-corrected chi connectivity index (χ2v) is 5.92. The van der Waals surface area contributed by atoms with Crippen LogP contribution in [0.15, 0.2) is 24.3 Å². The standard InChI is InChI=1S/C16H23N3O2/c1-21-11-16(20)18-13-4-2-3-12(9-13)17-14-7-8-19(10-14)15-5-6-15/h2-4,9,14-15,17H,5-8,10-11H2,1H3,(H,18,20). The predicted molar refractivity (Wildman–Crippen MR) is 83.6 cm³/mol. The number of nitrogens with zero attached hydrogens (tertiary/aromatic N) is 1. The number of hydrogen-bond donors (Lipinski definition) is 2. The van der Waals surface area contributed by atoms with Gasteiger partial charge in [0.1, 0.15) is 6.61 Å². The number of nitrogens with one attached hydrogen (secondary N) is 2. The van der Waals surface area contributed by atoms with Crippen LogP contribution in [0.4, 0.5) is 11.4 Å². The van der Waals surface area contributed by atoms with E-state index in [-0.39, 0.29) is 12.5 Å². The van der Waals surface area contributed by atoms with Crippen molar-refractivity contribution in [2.45, 2.75) is 31.3 Å². The molecule has 3 rings (SSSR count). The number of ether oxygens (including phenoxy) is 1. The number of amides is 1. The molecular weight excluding hydrogens is 266 g/mol. The highest BCUT2D eigenvalue weighted by Gasteiger charge is 2.34. The van der Waals surface area contributed by atoms with E-state index in [9.17, 15) is 4.79 Å². The minimum atomic E-state index is -0.129. The minimum Gasteiger partial charge on any atom is -0.381 e. The van der Waals surface area contributed by atoms with Crippen molar-refractivity contribution in [2.75, 3.05) is 37.4 Å². The second kappa shape index (κ2) is 6.45. The van der Waals surface area contributed by atoms with E-state index in [0.29, 0.717) is 6.04 Å². The van der Waals surface area contributed by atoms with Crippen LogP contribution < -0.4 is 10.6 Å². The zero-order valence-corrected chi connectivity index (χ0v) is 12.5. The Bertz CT molecular complexity index is 502. The molecule has 1 saturated heterocycles. The van der Waals surface area contributed by atoms with E-state index in [4.69, 9.17) is 4.74 Å². The molecule has 1 aliphatic carbocycles. The van der Waals surface area contributed by atoms with E-state index >= 15 is 0 Å². The van der Waals surface area contributed by atoms with Crippen LogP contribution in [-0.4, -0.2) is 49.7 Å². The van der Waals surface area contributed by atoms with E-state index in [1.165, 1.54) is 32.9 Å². The summed E-state index contributed by atoms with van der Waals surface area (Å²) in [5.74, 6) is -0.129. The maximum absolute atomic E-state index is 11.5. The van der Waals surface area contributed by atoms with Crippen molar-refractivity contribution in [3.05, 3.63) is 24.3 Å². The van der Waals surface area contributed by atoms with Crippen molar-refractivity contribution in [2.24, 2.45) is 0 Å². The van der Waals surface area contributed by atoms with E-state index < -0.39 is 0 Å². The first-order chi connectivity index (χ1) is 10.2. The predicted octanol–water partition coefficient (Wildman–Crippen LogP) is 1.92. The number of anilines is 2. The number of likely N-dealkylation sites (tertiary alicyclic amines) is 1. The Kier molecular flexibility index (Phi) is 4.41. The zero-order chi connectivity index (χ0) is 14.7. The molecule has 0 radical (unpaired) electrons. The average molecular weight is 289 g/mol. The lowest BCUT2D eigenvalue weighted by Gasteiger charge is -2.17. The Morgan fingerprint density at radius 3 is 2.90 bits per heavy atom. The highest BCUT2D eigenvalue weighted by molar-refractivity contribution is 5.92. The summed E-state index contributed by atoms with van der Waals surface area (Å²) in [4.78, 5) is 14.1. The summed E-state index contributed by atoms with van der Waals surface area (Å²) in [6.07, 6.45) is 3.93. The molecule has 0 spiro atoms. The van der Waals surface area contributed by atoms with Gasteiger partial charge in [-0.25, -0.2) is 0 Å². The largest absolute Gasteiger partial charge is 0.381 e. The zero-order valence-electron chi connectivity index (χ0n) is 12.5. The van der Waals surface area contributed by atoms with Crippen molar-refractivity contribution in [3.8, 4) is 0 Å². The summed E-state index contributed by atoms with van der Waals surface area (Å²) in [5, 5.41) is 6.41. The average Bonchev–Trinajstić information content (AvgIpc) is 3.20. The monoisotopic (exact) mass is 289 g/mol. The van der Waals surface area contributed by atoms with E-state index in [2.05, 4.69) is 15.5 Å². The number of hydrogen-bond acceptors (Lipinski definition) is 4. The van der Waals surface area contributed by atoms with E-state index in [0.717, 1.165) is 24.0 Å². The van der Waals surface area contributed by atoms with Gasteiger partial charge in [-0.1, -0.05) is 6.07 Å². The van der Waals surface area contributed by atoms with Gasteiger partial charge < -0.3 is 15.4 Å². The highest BCUT2D eigenvalue weighted by atomic mass is 16.5. The fourth-order valence-corrected chi connectivity index (χ4v) is 2.93. The molecule has 21 heavy (non-hydrogen) atoms. The third kappa shape index (κ3) is 3.95. The van der Waals surface area contributed by atoms with Gasteiger partial charge in [-0.15, -0.1) is 0 Å². The molecule has 1 atom stereocenters. The lowest BCUT2D eigenvalue weighted by atomic mass is 10.2. The molecule has 5 nitrogen and oxygen atoms in total. The molecule has 1 aromatic carbocycles. The highest BCUT2D eigenvalue weighted by Crippen LogP contribution is 2.30. The topological polar surface area (TPSA) is 53.6 Å². The minimum absolute atomic E-state index is 0.0800. The maximum atomic E-state index is 11.5. The molecule has 5 heteroatoms. The molecular formula is C16H23N3O2. The van der Waals surface area contributed by atoms with Crippen LogP contribution in [-0.2, 0) is 9.53 Å². The molecule has 1 aliphatic heterocycles. The number of methoxy groups -OCH3 is 1. The third-order valence-electron chi connectivity index (χ3n) is 4.08. The van der Waals surface area contributed by atoms with Gasteiger partial charge in [0.2, 0.25) is 5.91 Å². The molecule has 1 heterocycles. The van der Waals surface area contributed by atoms with Gasteiger partial charge in [0.05, 0.1) is 0 Å². The molecule has 2 fully saturated rings. The fourth-order valence-electron chi connectivity index (χ4n) is 2.93. The van der Waals surface area contributed by atoms with Crippen LogP contribution in [0.3, 0.4) is 0 Å². The normalized spacial score (nSPS) is 22.2. The van der Waals surface area contributed by atoms with Gasteiger partial charge >= 0.3 is 0 Å². The summed E-state index contributed by atoms with van der Waals surface area (Å²) >= 11 is 0. The molecule has 2 aliphatic rings. The van der Waals surface area contributed by atoms with Gasteiger partial charge in [0.25, 0.3) is 0 Å². The van der Waals surface area contributed by atoms with Crippen molar-refractivity contribution in [3.63, 3.8) is 0 Å². The molecule has 1 aromatic rings. The molecule has 1 amide bonds. The maximum Gasteiger partial charge on any atom is 0.250 e.